The van der Waals surface area contributed by atoms with E-state index in [0.717, 1.165) is 0 Å². The number of hydrogen-bond donors (Lipinski definition) is 2. The van der Waals surface area contributed by atoms with Crippen molar-refractivity contribution in [3.63, 3.8) is 0 Å². The van der Waals surface area contributed by atoms with Gasteiger partial charge < -0.3 is 10.2 Å². The first kappa shape index (κ1) is 11.5. The van der Waals surface area contributed by atoms with Gasteiger partial charge in [0.15, 0.2) is 0 Å². The summed E-state index contributed by atoms with van der Waals surface area (Å²) < 4.78 is 0. The van der Waals surface area contributed by atoms with Gasteiger partial charge >= 0.3 is 5.97 Å². The van der Waals surface area contributed by atoms with E-state index in [1.165, 1.54) is 12.1 Å². The van der Waals surface area contributed by atoms with Crippen molar-refractivity contribution in [3.05, 3.63) is 53.1 Å². The molecule has 0 fully saturated rings. The molecule has 0 spiro atoms. The first-order chi connectivity index (χ1) is 8.11. The second-order valence-electron chi connectivity index (χ2n) is 3.48. The summed E-state index contributed by atoms with van der Waals surface area (Å²) in [7, 11) is 0. The molecule has 2 aromatic rings. The van der Waals surface area contributed by atoms with Gasteiger partial charge in [-0.3, -0.25) is 0 Å². The largest absolute Gasteiger partial charge is 0.507 e. The number of hydrogen-bond acceptors (Lipinski definition) is 2. The third-order valence-corrected chi connectivity index (χ3v) is 2.73. The number of aromatic hydroxyl groups is 1. The molecule has 0 saturated carbocycles. The minimum absolute atomic E-state index is 0.0359. The van der Waals surface area contributed by atoms with Gasteiger partial charge in [-0.15, -0.1) is 0 Å². The van der Waals surface area contributed by atoms with Crippen molar-refractivity contribution in [2.45, 2.75) is 0 Å². The Kier molecular flexibility index (Phi) is 3.02. The summed E-state index contributed by atoms with van der Waals surface area (Å²) in [5.74, 6) is -1.09. The Morgan fingerprint density at radius 3 is 2.41 bits per heavy atom. The molecule has 3 nitrogen and oxygen atoms in total. The monoisotopic (exact) mass is 248 g/mol. The van der Waals surface area contributed by atoms with Crippen LogP contribution in [0.3, 0.4) is 0 Å². The van der Waals surface area contributed by atoms with Gasteiger partial charge in [-0.05, 0) is 18.2 Å². The molecule has 86 valence electrons. The molecular formula is C13H9ClO3. The maximum Gasteiger partial charge on any atom is 0.336 e. The molecule has 0 aromatic heterocycles. The number of halogens is 1. The fourth-order valence-corrected chi connectivity index (χ4v) is 1.94. The first-order valence-corrected chi connectivity index (χ1v) is 5.29. The summed E-state index contributed by atoms with van der Waals surface area (Å²) in [6, 6.07) is 11.1. The molecule has 4 heteroatoms. The van der Waals surface area contributed by atoms with Crippen LogP contribution in [0.15, 0.2) is 42.5 Å². The van der Waals surface area contributed by atoms with Gasteiger partial charge in [0.2, 0.25) is 0 Å². The molecule has 2 rings (SSSR count). The van der Waals surface area contributed by atoms with E-state index in [-0.39, 0.29) is 11.3 Å². The van der Waals surface area contributed by atoms with Crippen LogP contribution in [0.25, 0.3) is 11.1 Å². The summed E-state index contributed by atoms with van der Waals surface area (Å²) in [5.41, 5.74) is 0.853. The van der Waals surface area contributed by atoms with E-state index in [1.54, 1.807) is 30.3 Å². The number of phenolic OH excluding ortho intramolecular Hbond substituents is 1. The lowest BCUT2D eigenvalue weighted by atomic mass is 9.99. The van der Waals surface area contributed by atoms with Crippen LogP contribution < -0.4 is 0 Å². The minimum atomic E-state index is -1.06. The van der Waals surface area contributed by atoms with Crippen LogP contribution >= 0.6 is 11.6 Å². The normalized spacial score (nSPS) is 10.2. The molecular weight excluding hydrogens is 240 g/mol. The number of rotatable bonds is 2. The smallest absolute Gasteiger partial charge is 0.336 e. The molecule has 17 heavy (non-hydrogen) atoms. The van der Waals surface area contributed by atoms with Crippen molar-refractivity contribution in [3.8, 4) is 16.9 Å². The molecule has 0 saturated heterocycles. The molecule has 0 amide bonds. The van der Waals surface area contributed by atoms with Crippen LogP contribution in [0.5, 0.6) is 5.75 Å². The Balaban J connectivity index is 2.73. The highest BCUT2D eigenvalue weighted by Gasteiger charge is 2.16. The highest BCUT2D eigenvalue weighted by atomic mass is 35.5. The molecule has 0 heterocycles. The van der Waals surface area contributed by atoms with Crippen molar-refractivity contribution in [1.82, 2.24) is 0 Å². The predicted molar refractivity (Wildman–Crippen MR) is 65.5 cm³/mol. The Labute approximate surface area is 103 Å². The molecule has 0 radical (unpaired) electrons. The zero-order valence-electron chi connectivity index (χ0n) is 8.72. The molecule has 0 aliphatic rings. The average Bonchev–Trinajstić information content (AvgIpc) is 2.29. The van der Waals surface area contributed by atoms with Crippen molar-refractivity contribution >= 4 is 17.6 Å². The van der Waals surface area contributed by atoms with Crippen molar-refractivity contribution in [1.29, 1.82) is 0 Å². The molecule has 0 aliphatic carbocycles. The van der Waals surface area contributed by atoms with E-state index in [2.05, 4.69) is 0 Å². The lowest BCUT2D eigenvalue weighted by Gasteiger charge is -2.09. The molecule has 0 aliphatic heterocycles. The van der Waals surface area contributed by atoms with E-state index >= 15 is 0 Å². The second-order valence-corrected chi connectivity index (χ2v) is 3.89. The summed E-state index contributed by atoms with van der Waals surface area (Å²) in [6.45, 7) is 0. The van der Waals surface area contributed by atoms with Crippen LogP contribution in [-0.2, 0) is 0 Å². The number of benzene rings is 2. The molecule has 2 aromatic carbocycles. The Morgan fingerprint density at radius 2 is 1.76 bits per heavy atom. The van der Waals surface area contributed by atoms with Gasteiger partial charge in [0.05, 0.1) is 10.6 Å². The number of carbonyl (C=O) groups is 1. The highest BCUT2D eigenvalue weighted by Crippen LogP contribution is 2.37. The van der Waals surface area contributed by atoms with E-state index in [1.807, 2.05) is 0 Å². The lowest BCUT2D eigenvalue weighted by Crippen LogP contribution is -1.99. The van der Waals surface area contributed by atoms with E-state index < -0.39 is 5.97 Å². The first-order valence-electron chi connectivity index (χ1n) is 4.91. The molecule has 0 atom stereocenters. The number of aromatic carboxylic acids is 1. The maximum atomic E-state index is 11.1. The minimum Gasteiger partial charge on any atom is -0.507 e. The van der Waals surface area contributed by atoms with Gasteiger partial charge in [-0.2, -0.15) is 0 Å². The zero-order chi connectivity index (χ0) is 12.4. The standard InChI is InChI=1S/C13H9ClO3/c14-10-6-3-7-11(15)12(10)8-4-1-2-5-9(8)13(16)17/h1-7,15H,(H,16,17). The molecule has 2 N–H and O–H groups in total. The Morgan fingerprint density at radius 1 is 1.06 bits per heavy atom. The quantitative estimate of drug-likeness (QED) is 0.856. The SMILES string of the molecule is O=C(O)c1ccccc1-c1c(O)cccc1Cl. The number of carboxylic acid groups (broad SMARTS) is 1. The average molecular weight is 249 g/mol. The summed E-state index contributed by atoms with van der Waals surface area (Å²) in [5, 5.41) is 19.2. The molecule has 0 unspecified atom stereocenters. The van der Waals surface area contributed by atoms with Crippen LogP contribution in [0.2, 0.25) is 5.02 Å². The summed E-state index contributed by atoms with van der Waals surface area (Å²) in [4.78, 5) is 11.1. The fraction of sp³-hybridized carbons (Fsp3) is 0. The third-order valence-electron chi connectivity index (χ3n) is 2.42. The number of phenols is 1. The van der Waals surface area contributed by atoms with Gasteiger partial charge in [-0.25, -0.2) is 4.79 Å². The fourth-order valence-electron chi connectivity index (χ4n) is 1.67. The maximum absolute atomic E-state index is 11.1. The zero-order valence-corrected chi connectivity index (χ0v) is 9.48. The second kappa shape index (κ2) is 4.47. The van der Waals surface area contributed by atoms with Crippen molar-refractivity contribution in [2.24, 2.45) is 0 Å². The topological polar surface area (TPSA) is 57.5 Å². The van der Waals surface area contributed by atoms with Crippen LogP contribution in [0.1, 0.15) is 10.4 Å². The summed E-state index contributed by atoms with van der Waals surface area (Å²) in [6.07, 6.45) is 0. The summed E-state index contributed by atoms with van der Waals surface area (Å²) >= 11 is 5.99. The van der Waals surface area contributed by atoms with Crippen LogP contribution in [-0.4, -0.2) is 16.2 Å². The van der Waals surface area contributed by atoms with Crippen molar-refractivity contribution in [2.75, 3.05) is 0 Å². The lowest BCUT2D eigenvalue weighted by molar-refractivity contribution is 0.0698. The van der Waals surface area contributed by atoms with Gasteiger partial charge in [-0.1, -0.05) is 35.9 Å². The highest BCUT2D eigenvalue weighted by molar-refractivity contribution is 6.34. The molecule has 0 bridgehead atoms. The van der Waals surface area contributed by atoms with E-state index in [0.29, 0.717) is 16.1 Å². The van der Waals surface area contributed by atoms with Gasteiger partial charge in [0.1, 0.15) is 5.75 Å². The van der Waals surface area contributed by atoms with Crippen LogP contribution in [0.4, 0.5) is 0 Å². The Hall–Kier alpha value is -2.00. The van der Waals surface area contributed by atoms with Gasteiger partial charge in [0.25, 0.3) is 0 Å². The number of carboxylic acids is 1. The predicted octanol–water partition coefficient (Wildman–Crippen LogP) is 3.41. The third kappa shape index (κ3) is 2.10. The van der Waals surface area contributed by atoms with Gasteiger partial charge in [0, 0.05) is 11.1 Å². The van der Waals surface area contributed by atoms with E-state index in [4.69, 9.17) is 16.7 Å². The van der Waals surface area contributed by atoms with Crippen LogP contribution in [0, 0.1) is 0 Å². The van der Waals surface area contributed by atoms with Crippen molar-refractivity contribution < 1.29 is 15.0 Å². The Bertz CT molecular complexity index is 558. The van der Waals surface area contributed by atoms with E-state index in [9.17, 15) is 9.90 Å².